The highest BCUT2D eigenvalue weighted by Gasteiger charge is 2.13. The van der Waals surface area contributed by atoms with Gasteiger partial charge in [-0.25, -0.2) is 10.4 Å². The molecule has 9 heteroatoms. The number of rotatable bonds is 7. The third-order valence-corrected chi connectivity index (χ3v) is 4.49. The number of nitrogens with zero attached hydrogens (tertiary/aromatic N) is 3. The van der Waals surface area contributed by atoms with Gasteiger partial charge in [0.2, 0.25) is 0 Å². The van der Waals surface area contributed by atoms with Crippen molar-refractivity contribution in [2.45, 2.75) is 6.54 Å². The third kappa shape index (κ3) is 4.77. The number of hydrogen-bond acceptors (Lipinski definition) is 7. The molecule has 0 radical (unpaired) electrons. The van der Waals surface area contributed by atoms with Crippen molar-refractivity contribution in [2.24, 2.45) is 5.10 Å². The van der Waals surface area contributed by atoms with Gasteiger partial charge in [0.25, 0.3) is 5.91 Å². The summed E-state index contributed by atoms with van der Waals surface area (Å²) in [7, 11) is 2.97. The van der Waals surface area contributed by atoms with Crippen molar-refractivity contribution in [2.75, 3.05) is 19.5 Å². The zero-order valence-corrected chi connectivity index (χ0v) is 17.0. The van der Waals surface area contributed by atoms with Gasteiger partial charge in [-0.05, 0) is 42.0 Å². The smallest absolute Gasteiger partial charge is 0.290 e. The first-order valence-corrected chi connectivity index (χ1v) is 9.19. The second kappa shape index (κ2) is 9.58. The highest BCUT2D eigenvalue weighted by atomic mass is 35.5. The maximum absolute atomic E-state index is 12.4. The minimum atomic E-state index is -0.495. The molecule has 1 aromatic heterocycles. The number of nitrogens with one attached hydrogen (secondary N) is 2. The van der Waals surface area contributed by atoms with Crippen LogP contribution in [0.3, 0.4) is 0 Å². The highest BCUT2D eigenvalue weighted by Crippen LogP contribution is 2.28. The van der Waals surface area contributed by atoms with Crippen LogP contribution >= 0.6 is 11.6 Å². The lowest BCUT2D eigenvalue weighted by Gasteiger charge is -2.13. The van der Waals surface area contributed by atoms with Crippen molar-refractivity contribution in [3.8, 4) is 11.8 Å². The van der Waals surface area contributed by atoms with E-state index in [1.807, 2.05) is 6.07 Å². The summed E-state index contributed by atoms with van der Waals surface area (Å²) in [6.45, 7) is 0.433. The summed E-state index contributed by atoms with van der Waals surface area (Å²) in [5.41, 5.74) is 5.11. The molecule has 0 aliphatic rings. The van der Waals surface area contributed by atoms with Crippen molar-refractivity contribution >= 4 is 40.5 Å². The fourth-order valence-corrected chi connectivity index (χ4v) is 3.05. The largest absolute Gasteiger partial charge is 0.495 e. The molecular formula is C21H18ClN5O3. The second-order valence-electron chi connectivity index (χ2n) is 6.13. The Morgan fingerprint density at radius 3 is 2.80 bits per heavy atom. The Morgan fingerprint density at radius 2 is 2.10 bits per heavy atom. The molecule has 3 rings (SSSR count). The first-order chi connectivity index (χ1) is 14.5. The lowest BCUT2D eigenvalue weighted by molar-refractivity contribution is 0.0949. The molecule has 30 heavy (non-hydrogen) atoms. The molecule has 3 aromatic rings. The van der Waals surface area contributed by atoms with Crippen molar-refractivity contribution in [3.63, 3.8) is 0 Å². The fraction of sp³-hybridized carbons (Fsp3) is 0.143. The molecule has 0 aliphatic heterocycles. The lowest BCUT2D eigenvalue weighted by Crippen LogP contribution is -2.19. The number of aromatic nitrogens is 1. The van der Waals surface area contributed by atoms with E-state index in [9.17, 15) is 10.1 Å². The lowest BCUT2D eigenvalue weighted by atomic mass is 10.1. The van der Waals surface area contributed by atoms with Crippen LogP contribution in [0.25, 0.3) is 10.9 Å². The van der Waals surface area contributed by atoms with Crippen LogP contribution in [0.1, 0.15) is 21.6 Å². The molecule has 2 N–H and O–H groups in total. The molecule has 0 atom stereocenters. The Hall–Kier alpha value is -3.83. The number of carbonyl (C=O) groups is 1. The standard InChI is InChI=1S/C21H18ClN5O3/c1-29-12-25-27-21(28)19-9-18(15-7-13(10-23)3-5-17(15)26-19)24-11-14-4-6-20(30-2)16(22)8-14/h3-9,12H,11H2,1-2H3,(H,24,26)(H,27,28)/b25-12-. The molecule has 0 saturated carbocycles. The number of amides is 1. The maximum atomic E-state index is 12.4. The normalized spacial score (nSPS) is 10.6. The molecule has 8 nitrogen and oxygen atoms in total. The van der Waals surface area contributed by atoms with E-state index < -0.39 is 5.91 Å². The molecule has 0 unspecified atom stereocenters. The van der Waals surface area contributed by atoms with Crippen molar-refractivity contribution in [1.82, 2.24) is 10.4 Å². The molecule has 0 fully saturated rings. The van der Waals surface area contributed by atoms with E-state index in [1.54, 1.807) is 43.5 Å². The molecule has 0 spiro atoms. The average Bonchev–Trinajstić information content (AvgIpc) is 2.77. The van der Waals surface area contributed by atoms with E-state index in [4.69, 9.17) is 16.3 Å². The molecule has 1 amide bonds. The number of benzene rings is 2. The summed E-state index contributed by atoms with van der Waals surface area (Å²) in [5, 5.41) is 17.4. The van der Waals surface area contributed by atoms with Crippen molar-refractivity contribution in [3.05, 3.63) is 64.3 Å². The van der Waals surface area contributed by atoms with E-state index in [1.165, 1.54) is 7.11 Å². The van der Waals surface area contributed by atoms with Gasteiger partial charge in [0.1, 0.15) is 11.4 Å². The monoisotopic (exact) mass is 423 g/mol. The summed E-state index contributed by atoms with van der Waals surface area (Å²) in [6, 6.07) is 14.2. The van der Waals surface area contributed by atoms with E-state index >= 15 is 0 Å². The Labute approximate surface area is 178 Å². The van der Waals surface area contributed by atoms with Gasteiger partial charge in [-0.15, -0.1) is 5.10 Å². The van der Waals surface area contributed by atoms with Crippen LogP contribution < -0.4 is 15.5 Å². The summed E-state index contributed by atoms with van der Waals surface area (Å²) < 4.78 is 9.84. The van der Waals surface area contributed by atoms with Crippen LogP contribution in [0.4, 0.5) is 5.69 Å². The van der Waals surface area contributed by atoms with Crippen LogP contribution in [-0.2, 0) is 11.3 Å². The number of carbonyl (C=O) groups excluding carboxylic acids is 1. The van der Waals surface area contributed by atoms with Crippen LogP contribution in [0.5, 0.6) is 5.75 Å². The minimum Gasteiger partial charge on any atom is -0.495 e. The van der Waals surface area contributed by atoms with Crippen LogP contribution in [0.15, 0.2) is 47.6 Å². The summed E-state index contributed by atoms with van der Waals surface area (Å²) in [6.07, 6.45) is 1.10. The number of ether oxygens (including phenoxy) is 2. The number of hydrogen-bond donors (Lipinski definition) is 2. The predicted molar refractivity (Wildman–Crippen MR) is 115 cm³/mol. The zero-order valence-electron chi connectivity index (χ0n) is 16.3. The Bertz CT molecular complexity index is 1160. The first kappa shape index (κ1) is 20.9. The number of fused-ring (bicyclic) bond motifs is 1. The molecule has 2 aromatic carbocycles. The highest BCUT2D eigenvalue weighted by molar-refractivity contribution is 6.32. The van der Waals surface area contributed by atoms with E-state index in [2.05, 4.69) is 31.6 Å². The Morgan fingerprint density at radius 1 is 1.27 bits per heavy atom. The van der Waals surface area contributed by atoms with Crippen LogP contribution in [0.2, 0.25) is 5.02 Å². The van der Waals surface area contributed by atoms with Gasteiger partial charge >= 0.3 is 0 Å². The van der Waals surface area contributed by atoms with Crippen molar-refractivity contribution < 1.29 is 14.3 Å². The average molecular weight is 424 g/mol. The van der Waals surface area contributed by atoms with Gasteiger partial charge in [0, 0.05) is 17.6 Å². The van der Waals surface area contributed by atoms with Crippen LogP contribution in [-0.4, -0.2) is 31.5 Å². The number of hydrazone groups is 1. The Kier molecular flexibility index (Phi) is 6.67. The molecule has 0 aliphatic carbocycles. The zero-order chi connectivity index (χ0) is 21.5. The number of halogens is 1. The van der Waals surface area contributed by atoms with Gasteiger partial charge in [-0.2, -0.15) is 5.26 Å². The topological polar surface area (TPSA) is 109 Å². The van der Waals surface area contributed by atoms with Gasteiger partial charge in [-0.1, -0.05) is 17.7 Å². The molecule has 0 bridgehead atoms. The van der Waals surface area contributed by atoms with E-state index in [0.29, 0.717) is 39.5 Å². The number of pyridine rings is 1. The minimum absolute atomic E-state index is 0.163. The predicted octanol–water partition coefficient (Wildman–Crippen LogP) is 3.70. The van der Waals surface area contributed by atoms with Crippen LogP contribution in [0, 0.1) is 11.3 Å². The summed E-state index contributed by atoms with van der Waals surface area (Å²) in [4.78, 5) is 16.7. The fourth-order valence-electron chi connectivity index (χ4n) is 2.77. The third-order valence-electron chi connectivity index (χ3n) is 4.19. The summed E-state index contributed by atoms with van der Waals surface area (Å²) >= 11 is 6.20. The van der Waals surface area contributed by atoms with E-state index in [0.717, 1.165) is 12.0 Å². The van der Waals surface area contributed by atoms with Crippen molar-refractivity contribution in [1.29, 1.82) is 5.26 Å². The number of anilines is 1. The summed E-state index contributed by atoms with van der Waals surface area (Å²) in [5.74, 6) is 0.0918. The molecule has 1 heterocycles. The van der Waals surface area contributed by atoms with Gasteiger partial charge in [-0.3, -0.25) is 4.79 Å². The van der Waals surface area contributed by atoms with Gasteiger partial charge in [0.05, 0.1) is 36.4 Å². The SMILES string of the molecule is CO/C=N\NC(=O)c1cc(NCc2ccc(OC)c(Cl)c2)c2cc(C#N)ccc2n1. The van der Waals surface area contributed by atoms with Gasteiger partial charge in [0.15, 0.2) is 6.40 Å². The first-order valence-electron chi connectivity index (χ1n) is 8.81. The molecule has 152 valence electrons. The molecular weight excluding hydrogens is 406 g/mol. The molecule has 0 saturated heterocycles. The van der Waals surface area contributed by atoms with Gasteiger partial charge < -0.3 is 14.8 Å². The quantitative estimate of drug-likeness (QED) is 0.340. The maximum Gasteiger partial charge on any atom is 0.290 e. The number of nitriles is 1. The second-order valence-corrected chi connectivity index (χ2v) is 6.54. The Balaban J connectivity index is 1.95. The van der Waals surface area contributed by atoms with E-state index in [-0.39, 0.29) is 5.69 Å². The number of methoxy groups -OCH3 is 2.